The fourth-order valence-electron chi connectivity index (χ4n) is 3.22. The molecule has 0 aromatic rings. The van der Waals surface area contributed by atoms with Gasteiger partial charge in [0.05, 0.1) is 19.0 Å². The van der Waals surface area contributed by atoms with Gasteiger partial charge in [-0.05, 0) is 18.8 Å². The van der Waals surface area contributed by atoms with Crippen molar-refractivity contribution in [1.82, 2.24) is 0 Å². The second-order valence-electron chi connectivity index (χ2n) is 7.82. The molecule has 0 amide bonds. The van der Waals surface area contributed by atoms with Crippen molar-refractivity contribution < 1.29 is 19.1 Å². The summed E-state index contributed by atoms with van der Waals surface area (Å²) in [6.45, 7) is 9.52. The van der Waals surface area contributed by atoms with Gasteiger partial charge in [0.1, 0.15) is 6.29 Å². The predicted molar refractivity (Wildman–Crippen MR) is 116 cm³/mol. The van der Waals surface area contributed by atoms with Crippen LogP contribution in [0.3, 0.4) is 0 Å². The number of hydrogen-bond acceptors (Lipinski definition) is 4. The monoisotopic (exact) mass is 396 g/mol. The number of carbonyl (C=O) groups is 2. The van der Waals surface area contributed by atoms with E-state index < -0.39 is 0 Å². The summed E-state index contributed by atoms with van der Waals surface area (Å²) in [5.74, 6) is 0.375. The number of hydrogen-bond donors (Lipinski definition) is 0. The van der Waals surface area contributed by atoms with Crippen molar-refractivity contribution in [2.75, 3.05) is 13.2 Å². The highest BCUT2D eigenvalue weighted by molar-refractivity contribution is 5.70. The first kappa shape index (κ1) is 26.7. The molecular formula is C24H44O4. The second-order valence-corrected chi connectivity index (χ2v) is 7.82. The van der Waals surface area contributed by atoms with Crippen LogP contribution in [0.1, 0.15) is 110 Å². The summed E-state index contributed by atoms with van der Waals surface area (Å²) in [6.07, 6.45) is 16.3. The van der Waals surface area contributed by atoms with Gasteiger partial charge in [-0.15, -0.1) is 0 Å². The molecule has 0 aromatic carbocycles. The zero-order valence-electron chi connectivity index (χ0n) is 18.5. The van der Waals surface area contributed by atoms with Crippen molar-refractivity contribution in [3.05, 3.63) is 12.3 Å². The Morgan fingerprint density at radius 3 is 1.82 bits per heavy atom. The molecule has 0 radical (unpaired) electrons. The van der Waals surface area contributed by atoms with E-state index in [9.17, 15) is 9.59 Å². The minimum atomic E-state index is -0.218. The first-order valence-electron chi connectivity index (χ1n) is 11.5. The van der Waals surface area contributed by atoms with Gasteiger partial charge in [0.2, 0.25) is 0 Å². The van der Waals surface area contributed by atoms with E-state index in [1.165, 1.54) is 57.8 Å². The Morgan fingerprint density at radius 2 is 1.29 bits per heavy atom. The van der Waals surface area contributed by atoms with E-state index in [2.05, 4.69) is 20.4 Å². The summed E-state index contributed by atoms with van der Waals surface area (Å²) in [5.41, 5.74) is 0. The minimum absolute atomic E-state index is 0.0772. The second kappa shape index (κ2) is 20.4. The molecule has 0 saturated carbocycles. The highest BCUT2D eigenvalue weighted by atomic mass is 16.5. The van der Waals surface area contributed by atoms with Crippen LogP contribution in [-0.2, 0) is 19.1 Å². The lowest BCUT2D eigenvalue weighted by Crippen LogP contribution is -2.14. The van der Waals surface area contributed by atoms with Crippen molar-refractivity contribution in [3.63, 3.8) is 0 Å². The summed E-state index contributed by atoms with van der Waals surface area (Å²) in [4.78, 5) is 22.9. The van der Waals surface area contributed by atoms with Crippen molar-refractivity contribution >= 4 is 12.3 Å². The molecule has 164 valence electrons. The first-order chi connectivity index (χ1) is 13.6. The quantitative estimate of drug-likeness (QED) is 0.0930. The van der Waals surface area contributed by atoms with Crippen LogP contribution in [-0.4, -0.2) is 25.5 Å². The maximum Gasteiger partial charge on any atom is 0.306 e. The van der Waals surface area contributed by atoms with E-state index in [0.717, 1.165) is 25.5 Å². The first-order valence-corrected chi connectivity index (χ1v) is 11.5. The Kier molecular flexibility index (Phi) is 19.5. The van der Waals surface area contributed by atoms with Gasteiger partial charge in [-0.2, -0.15) is 0 Å². The standard InChI is InChI=1S/C24H44O4/c1-4-6-8-10-12-14-18-27-22(3)20-23(16-17-25)21-24(26)28-19-15-13-11-9-7-5-2/h17,23H,3-16,18-21H2,1-2H3. The van der Waals surface area contributed by atoms with Gasteiger partial charge in [-0.25, -0.2) is 0 Å². The van der Waals surface area contributed by atoms with Gasteiger partial charge in [-0.1, -0.05) is 84.6 Å². The molecule has 0 saturated heterocycles. The summed E-state index contributed by atoms with van der Waals surface area (Å²) in [6, 6.07) is 0. The van der Waals surface area contributed by atoms with Crippen molar-refractivity contribution in [1.29, 1.82) is 0 Å². The van der Waals surface area contributed by atoms with E-state index in [0.29, 0.717) is 31.8 Å². The molecule has 0 N–H and O–H groups in total. The third kappa shape index (κ3) is 18.1. The molecule has 0 aliphatic rings. The molecule has 0 aliphatic carbocycles. The fourth-order valence-corrected chi connectivity index (χ4v) is 3.22. The lowest BCUT2D eigenvalue weighted by atomic mass is 9.97. The molecule has 0 aliphatic heterocycles. The SMILES string of the molecule is C=C(CC(CC=O)CC(=O)OCCCCCCCC)OCCCCCCCC. The van der Waals surface area contributed by atoms with Crippen LogP contribution < -0.4 is 0 Å². The Hall–Kier alpha value is -1.32. The lowest BCUT2D eigenvalue weighted by molar-refractivity contribution is -0.145. The average molecular weight is 397 g/mol. The van der Waals surface area contributed by atoms with E-state index >= 15 is 0 Å². The highest BCUT2D eigenvalue weighted by Crippen LogP contribution is 2.19. The molecule has 4 nitrogen and oxygen atoms in total. The molecule has 0 bridgehead atoms. The maximum absolute atomic E-state index is 12.0. The van der Waals surface area contributed by atoms with Crippen LogP contribution in [0.5, 0.6) is 0 Å². The third-order valence-corrected chi connectivity index (χ3v) is 4.97. The molecule has 0 fully saturated rings. The van der Waals surface area contributed by atoms with Crippen LogP contribution in [0.25, 0.3) is 0 Å². The summed E-state index contributed by atoms with van der Waals surface area (Å²) >= 11 is 0. The molecule has 28 heavy (non-hydrogen) atoms. The number of esters is 1. The molecule has 0 spiro atoms. The van der Waals surface area contributed by atoms with Gasteiger partial charge in [-0.3, -0.25) is 4.79 Å². The van der Waals surface area contributed by atoms with Gasteiger partial charge in [0, 0.05) is 19.3 Å². The van der Waals surface area contributed by atoms with Gasteiger partial charge < -0.3 is 14.3 Å². The topological polar surface area (TPSA) is 52.6 Å². The number of allylic oxidation sites excluding steroid dienone is 1. The van der Waals surface area contributed by atoms with Crippen LogP contribution in [0.4, 0.5) is 0 Å². The lowest BCUT2D eigenvalue weighted by Gasteiger charge is -2.16. The van der Waals surface area contributed by atoms with E-state index in [1.807, 2.05) is 0 Å². The predicted octanol–water partition coefficient (Wildman–Crippen LogP) is 6.77. The third-order valence-electron chi connectivity index (χ3n) is 4.97. The molecule has 0 aromatic heterocycles. The molecule has 4 heteroatoms. The van der Waals surface area contributed by atoms with Crippen LogP contribution in [0, 0.1) is 5.92 Å². The Bertz CT molecular complexity index is 360. The minimum Gasteiger partial charge on any atom is -0.499 e. The Labute approximate surface area is 173 Å². The van der Waals surface area contributed by atoms with Gasteiger partial charge >= 0.3 is 5.97 Å². The largest absolute Gasteiger partial charge is 0.499 e. The number of ether oxygens (including phenoxy) is 2. The van der Waals surface area contributed by atoms with Gasteiger partial charge in [0.25, 0.3) is 0 Å². The molecule has 0 heterocycles. The highest BCUT2D eigenvalue weighted by Gasteiger charge is 2.16. The smallest absolute Gasteiger partial charge is 0.306 e. The number of unbranched alkanes of at least 4 members (excludes halogenated alkanes) is 10. The molecule has 1 atom stereocenters. The van der Waals surface area contributed by atoms with E-state index in [1.54, 1.807) is 0 Å². The van der Waals surface area contributed by atoms with Crippen molar-refractivity contribution in [2.45, 2.75) is 110 Å². The van der Waals surface area contributed by atoms with Crippen LogP contribution >= 0.6 is 0 Å². The van der Waals surface area contributed by atoms with Gasteiger partial charge in [0.15, 0.2) is 0 Å². The maximum atomic E-state index is 12.0. The fraction of sp³-hybridized carbons (Fsp3) is 0.833. The zero-order chi connectivity index (χ0) is 20.9. The normalized spacial score (nSPS) is 11.8. The Balaban J connectivity index is 3.85. The van der Waals surface area contributed by atoms with Crippen LogP contribution in [0.15, 0.2) is 12.3 Å². The van der Waals surface area contributed by atoms with Crippen molar-refractivity contribution in [3.8, 4) is 0 Å². The number of rotatable bonds is 21. The number of aldehydes is 1. The summed E-state index contributed by atoms with van der Waals surface area (Å²) < 4.78 is 11.0. The van der Waals surface area contributed by atoms with Crippen LogP contribution in [0.2, 0.25) is 0 Å². The van der Waals surface area contributed by atoms with E-state index in [4.69, 9.17) is 9.47 Å². The molecule has 0 rings (SSSR count). The zero-order valence-corrected chi connectivity index (χ0v) is 18.5. The molecule has 1 unspecified atom stereocenters. The van der Waals surface area contributed by atoms with Crippen molar-refractivity contribution in [2.24, 2.45) is 5.92 Å². The van der Waals surface area contributed by atoms with E-state index in [-0.39, 0.29) is 18.3 Å². The summed E-state index contributed by atoms with van der Waals surface area (Å²) in [7, 11) is 0. The molecular weight excluding hydrogens is 352 g/mol. The number of carbonyl (C=O) groups excluding carboxylic acids is 2. The Morgan fingerprint density at radius 1 is 0.786 bits per heavy atom. The average Bonchev–Trinajstić information content (AvgIpc) is 2.66. The summed E-state index contributed by atoms with van der Waals surface area (Å²) in [5, 5.41) is 0.